The SMILES string of the molecule is COC1=CC(O)C(=Cc2ccccc2)C=C1C. The summed E-state index contributed by atoms with van der Waals surface area (Å²) in [5.74, 6) is 0.739. The molecule has 88 valence electrons. The van der Waals surface area contributed by atoms with E-state index in [9.17, 15) is 5.11 Å². The molecule has 0 aliphatic heterocycles. The second kappa shape index (κ2) is 5.02. The Morgan fingerprint density at radius 1 is 1.24 bits per heavy atom. The Labute approximate surface area is 102 Å². The van der Waals surface area contributed by atoms with E-state index in [1.165, 1.54) is 0 Å². The van der Waals surface area contributed by atoms with E-state index in [4.69, 9.17) is 4.74 Å². The van der Waals surface area contributed by atoms with E-state index < -0.39 is 6.10 Å². The van der Waals surface area contributed by atoms with Gasteiger partial charge in [-0.15, -0.1) is 0 Å². The molecular weight excluding hydrogens is 212 g/mol. The normalized spacial score (nSPS) is 22.1. The fourth-order valence-electron chi connectivity index (χ4n) is 1.88. The maximum absolute atomic E-state index is 9.98. The van der Waals surface area contributed by atoms with Gasteiger partial charge in [0.25, 0.3) is 0 Å². The van der Waals surface area contributed by atoms with Crippen LogP contribution in [0.25, 0.3) is 6.08 Å². The van der Waals surface area contributed by atoms with Crippen LogP contribution in [-0.2, 0) is 4.74 Å². The zero-order valence-electron chi connectivity index (χ0n) is 10.1. The Morgan fingerprint density at radius 2 is 1.94 bits per heavy atom. The molecule has 2 nitrogen and oxygen atoms in total. The molecule has 1 aromatic carbocycles. The lowest BCUT2D eigenvalue weighted by atomic mass is 9.97. The summed E-state index contributed by atoms with van der Waals surface area (Å²) in [7, 11) is 1.61. The summed E-state index contributed by atoms with van der Waals surface area (Å²) >= 11 is 0. The number of hydrogen-bond acceptors (Lipinski definition) is 2. The summed E-state index contributed by atoms with van der Waals surface area (Å²) in [5, 5.41) is 9.98. The monoisotopic (exact) mass is 228 g/mol. The van der Waals surface area contributed by atoms with Crippen molar-refractivity contribution in [3.8, 4) is 0 Å². The van der Waals surface area contributed by atoms with Gasteiger partial charge in [0, 0.05) is 0 Å². The maximum Gasteiger partial charge on any atom is 0.120 e. The highest BCUT2D eigenvalue weighted by molar-refractivity contribution is 5.60. The van der Waals surface area contributed by atoms with Crippen molar-refractivity contribution in [1.29, 1.82) is 0 Å². The number of rotatable bonds is 2. The highest BCUT2D eigenvalue weighted by Gasteiger charge is 2.15. The molecule has 0 radical (unpaired) electrons. The van der Waals surface area contributed by atoms with Crippen LogP contribution in [0.2, 0.25) is 0 Å². The second-order valence-corrected chi connectivity index (χ2v) is 4.06. The summed E-state index contributed by atoms with van der Waals surface area (Å²) in [5.41, 5.74) is 2.99. The first-order chi connectivity index (χ1) is 8.20. The lowest BCUT2D eigenvalue weighted by Crippen LogP contribution is -2.12. The summed E-state index contributed by atoms with van der Waals surface area (Å²) in [6.45, 7) is 1.97. The molecule has 0 saturated carbocycles. The molecule has 0 bridgehead atoms. The van der Waals surface area contributed by atoms with Crippen molar-refractivity contribution in [2.24, 2.45) is 0 Å². The zero-order valence-corrected chi connectivity index (χ0v) is 10.1. The summed E-state index contributed by atoms with van der Waals surface area (Å²) < 4.78 is 5.18. The number of benzene rings is 1. The Morgan fingerprint density at radius 3 is 2.59 bits per heavy atom. The minimum Gasteiger partial charge on any atom is -0.497 e. The van der Waals surface area contributed by atoms with E-state index in [2.05, 4.69) is 0 Å². The molecule has 2 heteroatoms. The van der Waals surface area contributed by atoms with Gasteiger partial charge in [0.05, 0.1) is 7.11 Å². The Hall–Kier alpha value is -1.80. The minimum atomic E-state index is -0.603. The standard InChI is InChI=1S/C15H16O2/c1-11-8-13(14(16)10-15(11)17-2)9-12-6-4-3-5-7-12/h3-10,14,16H,1-2H3. The molecule has 1 unspecified atom stereocenters. The molecule has 0 saturated heterocycles. The van der Waals surface area contributed by atoms with Gasteiger partial charge in [0.15, 0.2) is 0 Å². The third kappa shape index (κ3) is 2.66. The van der Waals surface area contributed by atoms with Crippen LogP contribution in [0.4, 0.5) is 0 Å². The topological polar surface area (TPSA) is 29.5 Å². The van der Waals surface area contributed by atoms with Gasteiger partial charge in [0.2, 0.25) is 0 Å². The van der Waals surface area contributed by atoms with E-state index >= 15 is 0 Å². The molecule has 0 heterocycles. The molecule has 0 aromatic heterocycles. The summed E-state index contributed by atoms with van der Waals surface area (Å²) in [4.78, 5) is 0. The predicted octanol–water partition coefficient (Wildman–Crippen LogP) is 2.92. The molecule has 2 rings (SSSR count). The van der Waals surface area contributed by atoms with Crippen molar-refractivity contribution in [2.75, 3.05) is 7.11 Å². The highest BCUT2D eigenvalue weighted by Crippen LogP contribution is 2.24. The number of ether oxygens (including phenoxy) is 1. The molecule has 17 heavy (non-hydrogen) atoms. The van der Waals surface area contributed by atoms with Gasteiger partial charge in [-0.1, -0.05) is 30.3 Å². The first kappa shape index (κ1) is 11.7. The van der Waals surface area contributed by atoms with Gasteiger partial charge in [-0.2, -0.15) is 0 Å². The molecule has 1 aliphatic rings. The average Bonchev–Trinajstić information content (AvgIpc) is 2.34. The van der Waals surface area contributed by atoms with Gasteiger partial charge >= 0.3 is 0 Å². The first-order valence-corrected chi connectivity index (χ1v) is 5.60. The van der Waals surface area contributed by atoms with E-state index in [1.54, 1.807) is 13.2 Å². The molecule has 0 spiro atoms. The smallest absolute Gasteiger partial charge is 0.120 e. The van der Waals surface area contributed by atoms with Crippen molar-refractivity contribution in [1.82, 2.24) is 0 Å². The highest BCUT2D eigenvalue weighted by atomic mass is 16.5. The van der Waals surface area contributed by atoms with Crippen LogP contribution < -0.4 is 0 Å². The molecule has 0 amide bonds. The van der Waals surface area contributed by atoms with Crippen molar-refractivity contribution < 1.29 is 9.84 Å². The maximum atomic E-state index is 9.98. The Balaban J connectivity index is 2.31. The largest absolute Gasteiger partial charge is 0.497 e. The van der Waals surface area contributed by atoms with Crippen LogP contribution in [0.5, 0.6) is 0 Å². The number of hydrogen-bond donors (Lipinski definition) is 1. The Kier molecular flexibility index (Phi) is 3.45. The van der Waals surface area contributed by atoms with Gasteiger partial charge in [-0.3, -0.25) is 0 Å². The number of methoxy groups -OCH3 is 1. The van der Waals surface area contributed by atoms with Crippen molar-refractivity contribution in [3.05, 3.63) is 65.0 Å². The van der Waals surface area contributed by atoms with Crippen LogP contribution in [0.3, 0.4) is 0 Å². The number of allylic oxidation sites excluding steroid dienone is 1. The number of aliphatic hydroxyl groups excluding tert-OH is 1. The molecular formula is C15H16O2. The lowest BCUT2D eigenvalue weighted by Gasteiger charge is -2.18. The van der Waals surface area contributed by atoms with Crippen LogP contribution in [0.1, 0.15) is 12.5 Å². The molecule has 1 aromatic rings. The number of aliphatic hydroxyl groups is 1. The summed E-state index contributed by atoms with van der Waals surface area (Å²) in [6, 6.07) is 9.96. The van der Waals surface area contributed by atoms with Crippen LogP contribution in [-0.4, -0.2) is 18.3 Å². The van der Waals surface area contributed by atoms with E-state index in [1.807, 2.05) is 49.4 Å². The first-order valence-electron chi connectivity index (χ1n) is 5.60. The molecule has 1 N–H and O–H groups in total. The van der Waals surface area contributed by atoms with Gasteiger partial charge < -0.3 is 9.84 Å². The van der Waals surface area contributed by atoms with Crippen molar-refractivity contribution in [2.45, 2.75) is 13.0 Å². The quantitative estimate of drug-likeness (QED) is 0.843. The van der Waals surface area contributed by atoms with Gasteiger partial charge in [0.1, 0.15) is 11.9 Å². The predicted molar refractivity (Wildman–Crippen MR) is 69.3 cm³/mol. The third-order valence-electron chi connectivity index (χ3n) is 2.78. The third-order valence-corrected chi connectivity index (χ3v) is 2.78. The van der Waals surface area contributed by atoms with Crippen LogP contribution in [0.15, 0.2) is 59.4 Å². The second-order valence-electron chi connectivity index (χ2n) is 4.06. The van der Waals surface area contributed by atoms with Crippen molar-refractivity contribution in [3.63, 3.8) is 0 Å². The summed E-state index contributed by atoms with van der Waals surface area (Å²) in [6.07, 6.45) is 5.06. The van der Waals surface area contributed by atoms with Crippen LogP contribution in [0, 0.1) is 0 Å². The van der Waals surface area contributed by atoms with E-state index in [0.29, 0.717) is 0 Å². The minimum absolute atomic E-state index is 0.603. The Bertz CT molecular complexity index is 481. The van der Waals surface area contributed by atoms with Gasteiger partial charge in [-0.05, 0) is 41.9 Å². The lowest BCUT2D eigenvalue weighted by molar-refractivity contribution is 0.241. The van der Waals surface area contributed by atoms with Gasteiger partial charge in [-0.25, -0.2) is 0 Å². The zero-order chi connectivity index (χ0) is 12.3. The fraction of sp³-hybridized carbons (Fsp3) is 0.200. The molecule has 0 fully saturated rings. The molecule has 1 aliphatic carbocycles. The van der Waals surface area contributed by atoms with Crippen molar-refractivity contribution >= 4 is 6.08 Å². The van der Waals surface area contributed by atoms with E-state index in [-0.39, 0.29) is 0 Å². The van der Waals surface area contributed by atoms with E-state index in [0.717, 1.165) is 22.5 Å². The average molecular weight is 228 g/mol. The van der Waals surface area contributed by atoms with Crippen LogP contribution >= 0.6 is 0 Å². The molecule has 1 atom stereocenters. The fourth-order valence-corrected chi connectivity index (χ4v) is 1.88.